The number of carbonyl (C=O) groups is 2. The van der Waals surface area contributed by atoms with Gasteiger partial charge >= 0.3 is 6.18 Å². The van der Waals surface area contributed by atoms with E-state index in [1.54, 1.807) is 18.4 Å². The van der Waals surface area contributed by atoms with Gasteiger partial charge in [-0.3, -0.25) is 9.59 Å². The molecule has 25 heavy (non-hydrogen) atoms. The van der Waals surface area contributed by atoms with Gasteiger partial charge in [-0.1, -0.05) is 40.2 Å². The molecule has 0 saturated carbocycles. The van der Waals surface area contributed by atoms with Crippen LogP contribution < -0.4 is 5.32 Å². The summed E-state index contributed by atoms with van der Waals surface area (Å²) in [6, 6.07) is 9.25. The van der Waals surface area contributed by atoms with Gasteiger partial charge in [0.1, 0.15) is 0 Å². The molecule has 3 nitrogen and oxygen atoms in total. The number of rotatable bonds is 5. The number of benzene rings is 2. The smallest absolute Gasteiger partial charge is 0.324 e. The number of anilines is 1. The van der Waals surface area contributed by atoms with E-state index in [-0.39, 0.29) is 16.6 Å². The first-order chi connectivity index (χ1) is 11.8. The maximum Gasteiger partial charge on any atom is 0.417 e. The molecule has 0 atom stereocenters. The van der Waals surface area contributed by atoms with Crippen molar-refractivity contribution in [2.45, 2.75) is 11.1 Å². The second kappa shape index (κ2) is 8.05. The summed E-state index contributed by atoms with van der Waals surface area (Å²) in [6.07, 6.45) is -2.90. The molecule has 1 N–H and O–H groups in total. The molecule has 132 valence electrons. The van der Waals surface area contributed by atoms with E-state index in [0.29, 0.717) is 4.90 Å². The van der Waals surface area contributed by atoms with E-state index in [0.717, 1.165) is 12.1 Å². The molecule has 0 aliphatic heterocycles. The molecular formula is C17H13BrF3NO2S. The summed E-state index contributed by atoms with van der Waals surface area (Å²) in [5.41, 5.74) is -1.24. The van der Waals surface area contributed by atoms with Crippen LogP contribution in [0.5, 0.6) is 0 Å². The monoisotopic (exact) mass is 431 g/mol. The van der Waals surface area contributed by atoms with Crippen LogP contribution >= 0.6 is 27.7 Å². The minimum Gasteiger partial charge on any atom is -0.324 e. The highest BCUT2D eigenvalue weighted by molar-refractivity contribution is 9.09. The Balaban J connectivity index is 2.60. The summed E-state index contributed by atoms with van der Waals surface area (Å²) in [5.74, 6) is -1.20. The standard InChI is InChI=1S/C17H13BrF3NO2S/c1-25-13-8-4-6-11(15(13)22-14(23)9-18)16(24)10-5-2-3-7-12(10)17(19,20)21/h2-8H,9H2,1H3,(H,22,23). The molecule has 2 rings (SSSR count). The van der Waals surface area contributed by atoms with Crippen LogP contribution in [0.3, 0.4) is 0 Å². The Hall–Kier alpha value is -1.80. The number of para-hydroxylation sites is 1. The molecule has 0 saturated heterocycles. The molecular weight excluding hydrogens is 419 g/mol. The molecule has 0 aliphatic carbocycles. The lowest BCUT2D eigenvalue weighted by atomic mass is 9.97. The Morgan fingerprint density at radius 2 is 1.72 bits per heavy atom. The average Bonchev–Trinajstić information content (AvgIpc) is 2.60. The van der Waals surface area contributed by atoms with Crippen molar-refractivity contribution in [3.8, 4) is 0 Å². The van der Waals surface area contributed by atoms with Crippen LogP contribution in [-0.2, 0) is 11.0 Å². The molecule has 0 heterocycles. The summed E-state index contributed by atoms with van der Waals surface area (Å²) in [5, 5.41) is 2.58. The number of hydrogen-bond donors (Lipinski definition) is 1. The zero-order chi connectivity index (χ0) is 18.6. The van der Waals surface area contributed by atoms with Gasteiger partial charge in [-0.25, -0.2) is 0 Å². The molecule has 0 unspecified atom stereocenters. The second-order valence-corrected chi connectivity index (χ2v) is 6.35. The van der Waals surface area contributed by atoms with Gasteiger partial charge in [-0.05, 0) is 24.5 Å². The van der Waals surface area contributed by atoms with Gasteiger partial charge in [0.25, 0.3) is 0 Å². The lowest BCUT2D eigenvalue weighted by Crippen LogP contribution is -2.18. The van der Waals surface area contributed by atoms with Crippen molar-refractivity contribution in [1.29, 1.82) is 0 Å². The number of ketones is 1. The number of carbonyl (C=O) groups excluding carboxylic acids is 2. The maximum absolute atomic E-state index is 13.2. The summed E-state index contributed by atoms with van der Waals surface area (Å²) >= 11 is 4.29. The number of nitrogens with one attached hydrogen (secondary N) is 1. The SMILES string of the molecule is CSc1cccc(C(=O)c2ccccc2C(F)(F)F)c1NC(=O)CBr. The molecule has 0 spiro atoms. The number of thioether (sulfide) groups is 1. The minimum absolute atomic E-state index is 0.00246. The van der Waals surface area contributed by atoms with E-state index in [2.05, 4.69) is 21.2 Å². The van der Waals surface area contributed by atoms with Crippen molar-refractivity contribution in [1.82, 2.24) is 0 Å². The molecule has 2 aromatic carbocycles. The van der Waals surface area contributed by atoms with Crippen LogP contribution in [0.4, 0.5) is 18.9 Å². The van der Waals surface area contributed by atoms with Gasteiger partial charge in [-0.2, -0.15) is 13.2 Å². The van der Waals surface area contributed by atoms with E-state index in [1.807, 2.05) is 0 Å². The summed E-state index contributed by atoms with van der Waals surface area (Å²) in [7, 11) is 0. The maximum atomic E-state index is 13.2. The number of hydrogen-bond acceptors (Lipinski definition) is 3. The van der Waals surface area contributed by atoms with Crippen LogP contribution in [0.15, 0.2) is 47.4 Å². The van der Waals surface area contributed by atoms with Crippen molar-refractivity contribution in [2.75, 3.05) is 16.9 Å². The molecule has 0 aliphatic rings. The highest BCUT2D eigenvalue weighted by Crippen LogP contribution is 2.35. The first-order valence-electron chi connectivity index (χ1n) is 7.03. The zero-order valence-electron chi connectivity index (χ0n) is 13.0. The largest absolute Gasteiger partial charge is 0.417 e. The Kier molecular flexibility index (Phi) is 6.29. The predicted molar refractivity (Wildman–Crippen MR) is 95.5 cm³/mol. The van der Waals surface area contributed by atoms with Crippen LogP contribution in [0.1, 0.15) is 21.5 Å². The fraction of sp³-hybridized carbons (Fsp3) is 0.176. The average molecular weight is 432 g/mol. The van der Waals surface area contributed by atoms with Crippen molar-refractivity contribution in [2.24, 2.45) is 0 Å². The van der Waals surface area contributed by atoms with Crippen molar-refractivity contribution >= 4 is 45.1 Å². The lowest BCUT2D eigenvalue weighted by Gasteiger charge is -2.16. The molecule has 1 amide bonds. The first kappa shape index (κ1) is 19.5. The normalized spacial score (nSPS) is 11.2. The van der Waals surface area contributed by atoms with E-state index >= 15 is 0 Å². The Bertz CT molecular complexity index is 809. The minimum atomic E-state index is -4.65. The Morgan fingerprint density at radius 3 is 2.32 bits per heavy atom. The second-order valence-electron chi connectivity index (χ2n) is 4.94. The van der Waals surface area contributed by atoms with Crippen LogP contribution in [0, 0.1) is 0 Å². The summed E-state index contributed by atoms with van der Waals surface area (Å²) in [6.45, 7) is 0. The third kappa shape index (κ3) is 4.43. The Labute approximate surface area is 155 Å². The summed E-state index contributed by atoms with van der Waals surface area (Å²) < 4.78 is 39.6. The number of halogens is 4. The van der Waals surface area contributed by atoms with Gasteiger partial charge in [0.15, 0.2) is 5.78 Å². The van der Waals surface area contributed by atoms with Crippen LogP contribution in [0.25, 0.3) is 0 Å². The topological polar surface area (TPSA) is 46.2 Å². The molecule has 0 aromatic heterocycles. The fourth-order valence-corrected chi connectivity index (χ4v) is 2.99. The number of amides is 1. The van der Waals surface area contributed by atoms with Gasteiger partial charge in [-0.15, -0.1) is 11.8 Å². The Morgan fingerprint density at radius 1 is 1.08 bits per heavy atom. The molecule has 0 bridgehead atoms. The van der Waals surface area contributed by atoms with E-state index < -0.39 is 29.0 Å². The molecule has 0 radical (unpaired) electrons. The zero-order valence-corrected chi connectivity index (χ0v) is 15.4. The van der Waals surface area contributed by atoms with Gasteiger partial charge < -0.3 is 5.32 Å². The predicted octanol–water partition coefficient (Wildman–Crippen LogP) is 4.99. The van der Waals surface area contributed by atoms with Gasteiger partial charge in [0, 0.05) is 16.0 Å². The van der Waals surface area contributed by atoms with Crippen molar-refractivity contribution < 1.29 is 22.8 Å². The van der Waals surface area contributed by atoms with E-state index in [9.17, 15) is 22.8 Å². The molecule has 2 aromatic rings. The third-order valence-electron chi connectivity index (χ3n) is 3.35. The summed E-state index contributed by atoms with van der Waals surface area (Å²) in [4.78, 5) is 25.1. The molecule has 8 heteroatoms. The van der Waals surface area contributed by atoms with E-state index in [1.165, 1.54) is 30.0 Å². The highest BCUT2D eigenvalue weighted by Gasteiger charge is 2.35. The van der Waals surface area contributed by atoms with Crippen molar-refractivity contribution in [3.05, 3.63) is 59.2 Å². The highest BCUT2D eigenvalue weighted by atomic mass is 79.9. The van der Waals surface area contributed by atoms with Gasteiger partial charge in [0.05, 0.1) is 16.6 Å². The van der Waals surface area contributed by atoms with Crippen LogP contribution in [0.2, 0.25) is 0 Å². The van der Waals surface area contributed by atoms with Gasteiger partial charge in [0.2, 0.25) is 5.91 Å². The first-order valence-corrected chi connectivity index (χ1v) is 9.38. The van der Waals surface area contributed by atoms with Crippen LogP contribution in [-0.4, -0.2) is 23.3 Å². The molecule has 0 fully saturated rings. The quantitative estimate of drug-likeness (QED) is 0.412. The van der Waals surface area contributed by atoms with E-state index in [4.69, 9.17) is 0 Å². The fourth-order valence-electron chi connectivity index (χ4n) is 2.27. The van der Waals surface area contributed by atoms with Crippen molar-refractivity contribution in [3.63, 3.8) is 0 Å². The lowest BCUT2D eigenvalue weighted by molar-refractivity contribution is -0.137. The number of alkyl halides is 4. The third-order valence-corrected chi connectivity index (χ3v) is 4.64.